The molecule has 2 nitrogen and oxygen atoms in total. The molecule has 0 spiro atoms. The molecule has 24 heavy (non-hydrogen) atoms. The molecule has 1 aliphatic carbocycles. The standard InChI is InChI=1S/C22H28N2/c1-2-7-18(8-3-1)17-23-20-13-15-24(16-14-20)22-12-6-10-19-9-4-5-11-21(19)22/h1-5,7-9,11,20,22-23H,6,10,12-17H2/t22-/m0/s1. The van der Waals surface area contributed by atoms with Gasteiger partial charge in [0.15, 0.2) is 0 Å². The first-order chi connectivity index (χ1) is 11.9. The van der Waals surface area contributed by atoms with E-state index in [9.17, 15) is 0 Å². The second-order valence-corrected chi connectivity index (χ2v) is 7.28. The van der Waals surface area contributed by atoms with Gasteiger partial charge in [-0.3, -0.25) is 4.90 Å². The summed E-state index contributed by atoms with van der Waals surface area (Å²) in [6, 6.07) is 21.2. The van der Waals surface area contributed by atoms with Crippen molar-refractivity contribution in [2.75, 3.05) is 13.1 Å². The Morgan fingerprint density at radius 2 is 1.62 bits per heavy atom. The summed E-state index contributed by atoms with van der Waals surface area (Å²) in [7, 11) is 0. The van der Waals surface area contributed by atoms with Crippen LogP contribution in [0.3, 0.4) is 0 Å². The largest absolute Gasteiger partial charge is 0.310 e. The highest BCUT2D eigenvalue weighted by atomic mass is 15.2. The van der Waals surface area contributed by atoms with Gasteiger partial charge in [-0.2, -0.15) is 0 Å². The van der Waals surface area contributed by atoms with Crippen molar-refractivity contribution in [1.29, 1.82) is 0 Å². The fraction of sp³-hybridized carbons (Fsp3) is 0.455. The summed E-state index contributed by atoms with van der Waals surface area (Å²) < 4.78 is 0. The van der Waals surface area contributed by atoms with E-state index >= 15 is 0 Å². The van der Waals surface area contributed by atoms with Crippen molar-refractivity contribution in [3.63, 3.8) is 0 Å². The van der Waals surface area contributed by atoms with Crippen molar-refractivity contribution in [2.24, 2.45) is 0 Å². The molecular formula is C22H28N2. The second kappa shape index (κ2) is 7.50. The summed E-state index contributed by atoms with van der Waals surface area (Å²) in [4.78, 5) is 2.73. The number of nitrogens with zero attached hydrogens (tertiary/aromatic N) is 1. The second-order valence-electron chi connectivity index (χ2n) is 7.28. The van der Waals surface area contributed by atoms with E-state index in [0.717, 1.165) is 6.54 Å². The third-order valence-corrected chi connectivity index (χ3v) is 5.75. The molecule has 1 N–H and O–H groups in total. The molecule has 2 aromatic rings. The molecule has 0 unspecified atom stereocenters. The van der Waals surface area contributed by atoms with Crippen molar-refractivity contribution in [3.8, 4) is 0 Å². The lowest BCUT2D eigenvalue weighted by atomic mass is 9.86. The number of piperidine rings is 1. The molecule has 0 bridgehead atoms. The van der Waals surface area contributed by atoms with Crippen LogP contribution in [-0.4, -0.2) is 24.0 Å². The maximum atomic E-state index is 3.75. The van der Waals surface area contributed by atoms with Gasteiger partial charge in [0, 0.05) is 31.7 Å². The Bertz CT molecular complexity index is 644. The molecule has 1 saturated heterocycles. The minimum absolute atomic E-state index is 0.657. The molecule has 1 fully saturated rings. The normalized spacial score (nSPS) is 22.2. The van der Waals surface area contributed by atoms with Gasteiger partial charge in [-0.15, -0.1) is 0 Å². The smallest absolute Gasteiger partial charge is 0.0350 e. The maximum absolute atomic E-state index is 3.75. The number of aryl methyl sites for hydroxylation is 1. The van der Waals surface area contributed by atoms with Crippen LogP contribution in [0.15, 0.2) is 54.6 Å². The fourth-order valence-electron chi connectivity index (χ4n) is 4.38. The summed E-state index contributed by atoms with van der Waals surface area (Å²) in [6.07, 6.45) is 6.48. The average Bonchev–Trinajstić information content (AvgIpc) is 2.67. The molecule has 126 valence electrons. The van der Waals surface area contributed by atoms with Crippen LogP contribution in [0.25, 0.3) is 0 Å². The van der Waals surface area contributed by atoms with Crippen LogP contribution in [-0.2, 0) is 13.0 Å². The van der Waals surface area contributed by atoms with Gasteiger partial charge in [0.2, 0.25) is 0 Å². The van der Waals surface area contributed by atoms with Gasteiger partial charge in [0.1, 0.15) is 0 Å². The Morgan fingerprint density at radius 3 is 2.46 bits per heavy atom. The highest BCUT2D eigenvalue weighted by molar-refractivity contribution is 5.32. The fourth-order valence-corrected chi connectivity index (χ4v) is 4.38. The molecule has 0 amide bonds. The zero-order valence-corrected chi connectivity index (χ0v) is 14.5. The Kier molecular flexibility index (Phi) is 4.96. The van der Waals surface area contributed by atoms with Crippen LogP contribution in [0.1, 0.15) is 48.4 Å². The molecule has 1 aliphatic heterocycles. The van der Waals surface area contributed by atoms with Crippen molar-refractivity contribution >= 4 is 0 Å². The third kappa shape index (κ3) is 3.55. The molecule has 2 aromatic carbocycles. The van der Waals surface area contributed by atoms with Crippen LogP contribution in [0.4, 0.5) is 0 Å². The molecule has 2 aliphatic rings. The number of fused-ring (bicyclic) bond motifs is 1. The SMILES string of the molecule is c1ccc(CNC2CCN([C@H]3CCCc4ccccc43)CC2)cc1. The van der Waals surface area contributed by atoms with Gasteiger partial charge in [-0.1, -0.05) is 54.6 Å². The quantitative estimate of drug-likeness (QED) is 0.902. The maximum Gasteiger partial charge on any atom is 0.0350 e. The number of hydrogen-bond donors (Lipinski definition) is 1. The molecule has 1 heterocycles. The van der Waals surface area contributed by atoms with Crippen LogP contribution in [0, 0.1) is 0 Å². The van der Waals surface area contributed by atoms with Crippen LogP contribution >= 0.6 is 0 Å². The summed E-state index contributed by atoms with van der Waals surface area (Å²) in [5.74, 6) is 0. The first-order valence-corrected chi connectivity index (χ1v) is 9.49. The number of benzene rings is 2. The summed E-state index contributed by atoms with van der Waals surface area (Å²) >= 11 is 0. The van der Waals surface area contributed by atoms with Crippen molar-refractivity contribution < 1.29 is 0 Å². The monoisotopic (exact) mass is 320 g/mol. The Hall–Kier alpha value is -1.64. The van der Waals surface area contributed by atoms with E-state index in [1.54, 1.807) is 11.1 Å². The summed E-state index contributed by atoms with van der Waals surface area (Å²) in [6.45, 7) is 3.45. The van der Waals surface area contributed by atoms with E-state index in [1.165, 1.54) is 50.8 Å². The molecule has 0 saturated carbocycles. The van der Waals surface area contributed by atoms with Crippen LogP contribution < -0.4 is 5.32 Å². The Labute approximate surface area is 145 Å². The third-order valence-electron chi connectivity index (χ3n) is 5.75. The predicted molar refractivity (Wildman–Crippen MR) is 100.0 cm³/mol. The molecule has 0 radical (unpaired) electrons. The minimum Gasteiger partial charge on any atom is -0.310 e. The minimum atomic E-state index is 0.657. The lowest BCUT2D eigenvalue weighted by Gasteiger charge is -2.40. The predicted octanol–water partition coefficient (Wildman–Crippen LogP) is 4.32. The average molecular weight is 320 g/mol. The highest BCUT2D eigenvalue weighted by Gasteiger charge is 2.28. The van der Waals surface area contributed by atoms with Crippen LogP contribution in [0.5, 0.6) is 0 Å². The lowest BCUT2D eigenvalue weighted by Crippen LogP contribution is -2.44. The molecule has 4 rings (SSSR count). The van der Waals surface area contributed by atoms with E-state index < -0.39 is 0 Å². The molecular weight excluding hydrogens is 292 g/mol. The lowest BCUT2D eigenvalue weighted by molar-refractivity contribution is 0.130. The van der Waals surface area contributed by atoms with Crippen LogP contribution in [0.2, 0.25) is 0 Å². The first-order valence-electron chi connectivity index (χ1n) is 9.49. The van der Waals surface area contributed by atoms with Gasteiger partial charge in [0.05, 0.1) is 0 Å². The number of nitrogens with one attached hydrogen (secondary N) is 1. The zero-order chi connectivity index (χ0) is 16.2. The van der Waals surface area contributed by atoms with E-state index in [-0.39, 0.29) is 0 Å². The topological polar surface area (TPSA) is 15.3 Å². The highest BCUT2D eigenvalue weighted by Crippen LogP contribution is 2.35. The van der Waals surface area contributed by atoms with E-state index in [1.807, 2.05) is 0 Å². The number of rotatable bonds is 4. The Morgan fingerprint density at radius 1 is 0.875 bits per heavy atom. The van der Waals surface area contributed by atoms with Gasteiger partial charge < -0.3 is 5.32 Å². The van der Waals surface area contributed by atoms with Gasteiger partial charge >= 0.3 is 0 Å². The van der Waals surface area contributed by atoms with Gasteiger partial charge in [0.25, 0.3) is 0 Å². The van der Waals surface area contributed by atoms with Crippen molar-refractivity contribution in [3.05, 3.63) is 71.3 Å². The van der Waals surface area contributed by atoms with E-state index in [4.69, 9.17) is 0 Å². The van der Waals surface area contributed by atoms with Crippen molar-refractivity contribution in [2.45, 2.75) is 50.7 Å². The van der Waals surface area contributed by atoms with Gasteiger partial charge in [-0.05, 0) is 48.8 Å². The Balaban J connectivity index is 1.32. The van der Waals surface area contributed by atoms with Crippen molar-refractivity contribution in [1.82, 2.24) is 10.2 Å². The summed E-state index contributed by atoms with van der Waals surface area (Å²) in [5.41, 5.74) is 4.57. The van der Waals surface area contributed by atoms with E-state index in [2.05, 4.69) is 64.8 Å². The molecule has 0 aromatic heterocycles. The van der Waals surface area contributed by atoms with Gasteiger partial charge in [-0.25, -0.2) is 0 Å². The number of likely N-dealkylation sites (tertiary alicyclic amines) is 1. The summed E-state index contributed by atoms with van der Waals surface area (Å²) in [5, 5.41) is 3.75. The first kappa shape index (κ1) is 15.9. The number of hydrogen-bond acceptors (Lipinski definition) is 2. The zero-order valence-electron chi connectivity index (χ0n) is 14.5. The molecule has 2 heteroatoms. The molecule has 1 atom stereocenters. The van der Waals surface area contributed by atoms with E-state index in [0.29, 0.717) is 12.1 Å².